The Labute approximate surface area is 180 Å². The maximum absolute atomic E-state index is 12.0. The predicted octanol–water partition coefficient (Wildman–Crippen LogP) is 4.27. The fourth-order valence-corrected chi connectivity index (χ4v) is 4.89. The third-order valence-electron chi connectivity index (χ3n) is 5.57. The Hall–Kier alpha value is -2.25. The molecule has 0 aliphatic carbocycles. The lowest BCUT2D eigenvalue weighted by molar-refractivity contribution is -0.117. The monoisotopic (exact) mass is 429 g/mol. The number of amides is 1. The maximum atomic E-state index is 12.0. The second kappa shape index (κ2) is 8.63. The number of carbonyl (C=O) groups is 1. The van der Waals surface area contributed by atoms with E-state index in [0.717, 1.165) is 66.0 Å². The molecule has 4 heterocycles. The topological polar surface area (TPSA) is 63.9 Å². The zero-order chi connectivity index (χ0) is 18.9. The van der Waals surface area contributed by atoms with Crippen LogP contribution in [0.1, 0.15) is 48.8 Å². The molecule has 0 N–H and O–H groups in total. The van der Waals surface area contributed by atoms with E-state index in [4.69, 9.17) is 4.98 Å². The molecule has 6 nitrogen and oxygen atoms in total. The quantitative estimate of drug-likeness (QED) is 0.621. The van der Waals surface area contributed by atoms with Crippen LogP contribution in [0.4, 0.5) is 5.69 Å². The highest BCUT2D eigenvalue weighted by molar-refractivity contribution is 7.10. The number of hydrogen-bond donors (Lipinski definition) is 0. The molecule has 0 atom stereocenters. The van der Waals surface area contributed by atoms with Crippen molar-refractivity contribution < 1.29 is 4.79 Å². The summed E-state index contributed by atoms with van der Waals surface area (Å²) in [5.74, 6) is 2.35. The summed E-state index contributed by atoms with van der Waals surface area (Å²) in [6.07, 6.45) is 7.00. The van der Waals surface area contributed by atoms with Gasteiger partial charge in [-0.25, -0.2) is 4.98 Å². The summed E-state index contributed by atoms with van der Waals surface area (Å²) in [6, 6.07) is 8.15. The number of halogens is 1. The number of anilines is 1. The number of fused-ring (bicyclic) bond motifs is 1. The third kappa shape index (κ3) is 4.07. The highest BCUT2D eigenvalue weighted by Gasteiger charge is 2.22. The number of aromatic nitrogens is 4. The Morgan fingerprint density at radius 2 is 1.97 bits per heavy atom. The molecule has 0 spiro atoms. The van der Waals surface area contributed by atoms with E-state index in [2.05, 4.69) is 32.3 Å². The van der Waals surface area contributed by atoms with E-state index >= 15 is 0 Å². The molecule has 0 bridgehead atoms. The van der Waals surface area contributed by atoms with Crippen LogP contribution in [-0.2, 0) is 24.2 Å². The summed E-state index contributed by atoms with van der Waals surface area (Å²) in [6.45, 7) is 1.82. The summed E-state index contributed by atoms with van der Waals surface area (Å²) < 4.78 is 2.29. The number of thiazole rings is 1. The SMILES string of the molecule is Cl.O=C1CCCN1c1cccc(-c2csc(Cc3nnc4n3CCCCC4)n2)c1. The van der Waals surface area contributed by atoms with E-state index in [9.17, 15) is 4.79 Å². The molecule has 152 valence electrons. The van der Waals surface area contributed by atoms with Crippen LogP contribution in [0.3, 0.4) is 0 Å². The largest absolute Gasteiger partial charge is 0.315 e. The molecular weight excluding hydrogens is 406 g/mol. The van der Waals surface area contributed by atoms with Crippen molar-refractivity contribution in [1.82, 2.24) is 19.7 Å². The zero-order valence-electron chi connectivity index (χ0n) is 16.2. The number of aryl methyl sites for hydroxylation is 1. The van der Waals surface area contributed by atoms with Gasteiger partial charge in [0.25, 0.3) is 0 Å². The smallest absolute Gasteiger partial charge is 0.227 e. The van der Waals surface area contributed by atoms with Gasteiger partial charge < -0.3 is 9.47 Å². The molecule has 1 amide bonds. The Morgan fingerprint density at radius 3 is 2.83 bits per heavy atom. The van der Waals surface area contributed by atoms with Crippen LogP contribution in [-0.4, -0.2) is 32.2 Å². The molecule has 8 heteroatoms. The standard InChI is InChI=1S/C21H23N5OS.ClH/c27-21-9-5-11-25(21)16-7-4-6-15(12-16)17-14-28-20(22-17)13-19-24-23-18-8-2-1-3-10-26(18)19;/h4,6-7,12,14H,1-3,5,8-11,13H2;1H. The highest BCUT2D eigenvalue weighted by atomic mass is 35.5. The van der Waals surface area contributed by atoms with Gasteiger partial charge in [-0.3, -0.25) is 4.79 Å². The van der Waals surface area contributed by atoms with E-state index < -0.39 is 0 Å². The summed E-state index contributed by atoms with van der Waals surface area (Å²) in [7, 11) is 0. The van der Waals surface area contributed by atoms with Crippen molar-refractivity contribution in [3.05, 3.63) is 46.3 Å². The van der Waals surface area contributed by atoms with Crippen LogP contribution in [0.5, 0.6) is 0 Å². The molecule has 2 aliphatic heterocycles. The van der Waals surface area contributed by atoms with E-state index in [1.165, 1.54) is 19.3 Å². The summed E-state index contributed by atoms with van der Waals surface area (Å²) >= 11 is 1.66. The highest BCUT2D eigenvalue weighted by Crippen LogP contribution is 2.29. The van der Waals surface area contributed by atoms with Gasteiger partial charge in [0.1, 0.15) is 16.7 Å². The molecule has 2 aromatic heterocycles. The Balaban J connectivity index is 0.00000205. The second-order valence-electron chi connectivity index (χ2n) is 7.50. The minimum Gasteiger partial charge on any atom is -0.315 e. The van der Waals surface area contributed by atoms with E-state index in [-0.39, 0.29) is 18.3 Å². The van der Waals surface area contributed by atoms with Gasteiger partial charge in [0.15, 0.2) is 0 Å². The van der Waals surface area contributed by atoms with Crippen LogP contribution in [0.25, 0.3) is 11.3 Å². The van der Waals surface area contributed by atoms with Crippen molar-refractivity contribution in [1.29, 1.82) is 0 Å². The molecule has 5 rings (SSSR count). The van der Waals surface area contributed by atoms with Crippen molar-refractivity contribution >= 4 is 35.3 Å². The van der Waals surface area contributed by atoms with E-state index in [1.807, 2.05) is 17.0 Å². The lowest BCUT2D eigenvalue weighted by Gasteiger charge is -2.16. The lowest BCUT2D eigenvalue weighted by Crippen LogP contribution is -2.23. The third-order valence-corrected chi connectivity index (χ3v) is 6.42. The average Bonchev–Trinajstić information content (AvgIpc) is 3.40. The first kappa shape index (κ1) is 20.0. The molecule has 1 saturated heterocycles. The molecule has 1 fully saturated rings. The molecule has 3 aromatic rings. The van der Waals surface area contributed by atoms with Gasteiger partial charge in [-0.2, -0.15) is 0 Å². The van der Waals surface area contributed by atoms with Gasteiger partial charge in [0, 0.05) is 42.6 Å². The molecule has 2 aliphatic rings. The maximum Gasteiger partial charge on any atom is 0.227 e. The van der Waals surface area contributed by atoms with Gasteiger partial charge in [0.2, 0.25) is 5.91 Å². The molecule has 0 unspecified atom stereocenters. The lowest BCUT2D eigenvalue weighted by atomic mass is 10.1. The van der Waals surface area contributed by atoms with Gasteiger partial charge in [-0.1, -0.05) is 18.6 Å². The molecular formula is C21H24ClN5OS. The second-order valence-corrected chi connectivity index (χ2v) is 8.44. The molecule has 29 heavy (non-hydrogen) atoms. The average molecular weight is 430 g/mol. The summed E-state index contributed by atoms with van der Waals surface area (Å²) in [4.78, 5) is 18.8. The zero-order valence-corrected chi connectivity index (χ0v) is 17.8. The van der Waals surface area contributed by atoms with Crippen molar-refractivity contribution in [3.8, 4) is 11.3 Å². The molecule has 1 aromatic carbocycles. The van der Waals surface area contributed by atoms with Crippen molar-refractivity contribution in [3.63, 3.8) is 0 Å². The van der Waals surface area contributed by atoms with Gasteiger partial charge in [-0.15, -0.1) is 33.9 Å². The fraction of sp³-hybridized carbons (Fsp3) is 0.429. The molecule has 0 radical (unpaired) electrons. The number of hydrogen-bond acceptors (Lipinski definition) is 5. The minimum atomic E-state index is 0. The van der Waals surface area contributed by atoms with Gasteiger partial charge in [0.05, 0.1) is 12.1 Å². The fourth-order valence-electron chi connectivity index (χ4n) is 4.09. The van der Waals surface area contributed by atoms with Crippen molar-refractivity contribution in [2.24, 2.45) is 0 Å². The van der Waals surface area contributed by atoms with Crippen LogP contribution in [0.2, 0.25) is 0 Å². The van der Waals surface area contributed by atoms with Gasteiger partial charge >= 0.3 is 0 Å². The number of nitrogens with zero attached hydrogens (tertiary/aromatic N) is 5. The Bertz CT molecular complexity index is 1010. The molecule has 0 saturated carbocycles. The van der Waals surface area contributed by atoms with Crippen LogP contribution in [0.15, 0.2) is 29.6 Å². The normalized spacial score (nSPS) is 16.4. The van der Waals surface area contributed by atoms with Crippen molar-refractivity contribution in [2.45, 2.75) is 51.5 Å². The first-order valence-corrected chi connectivity index (χ1v) is 10.9. The van der Waals surface area contributed by atoms with Crippen molar-refractivity contribution in [2.75, 3.05) is 11.4 Å². The van der Waals surface area contributed by atoms with Crippen LogP contribution < -0.4 is 4.90 Å². The van der Waals surface area contributed by atoms with Gasteiger partial charge in [-0.05, 0) is 31.4 Å². The Kier molecular flexibility index (Phi) is 5.96. The van der Waals surface area contributed by atoms with Crippen LogP contribution >= 0.6 is 23.7 Å². The number of benzene rings is 1. The van der Waals surface area contributed by atoms with Crippen LogP contribution in [0, 0.1) is 0 Å². The Morgan fingerprint density at radius 1 is 1.03 bits per heavy atom. The predicted molar refractivity (Wildman–Crippen MR) is 117 cm³/mol. The summed E-state index contributed by atoms with van der Waals surface area (Å²) in [5.41, 5.74) is 2.99. The first-order valence-electron chi connectivity index (χ1n) is 10.0. The number of carbonyl (C=O) groups excluding carboxylic acids is 1. The number of rotatable bonds is 4. The minimum absolute atomic E-state index is 0. The summed E-state index contributed by atoms with van der Waals surface area (Å²) in [5, 5.41) is 12.0. The van der Waals surface area contributed by atoms with E-state index in [1.54, 1.807) is 11.3 Å². The van der Waals surface area contributed by atoms with E-state index in [0.29, 0.717) is 6.42 Å². The first-order chi connectivity index (χ1) is 13.8.